The number of aliphatic carboxylic acids is 1. The second-order valence-corrected chi connectivity index (χ2v) is 25.0. The Hall–Kier alpha value is -9.70. The van der Waals surface area contributed by atoms with Crippen LogP contribution in [-0.2, 0) is 70.4 Å². The van der Waals surface area contributed by atoms with Crippen molar-refractivity contribution in [1.29, 1.82) is 0 Å². The van der Waals surface area contributed by atoms with Crippen LogP contribution in [0.25, 0.3) is 0 Å². The van der Waals surface area contributed by atoms with E-state index in [4.69, 9.17) is 45.9 Å². The number of primary amides is 1. The maximum absolute atomic E-state index is 14.7. The SMILES string of the molecule is CC[C@H](C)[C@H](NC(=O)[C@H](CCCN=C(N)N)NC(=O)[C@H](CCCCN)NC(=O)[C@H](CC(C)C)NC(=O)[C@H](Cc1ccccc1)NC(=O)CNC(=O)[C@@H](CC(=O)O)NC(=O)[C@@H](N)Cc1ccc(O)cc1)C(=O)N[C@@H](CCCN=C(N)N)C(=O)N1CCC[C@H]1C(=O)N[C@@H](CCCCN)C(N)=O. The number of carboxylic acid groups (broad SMARTS) is 1. The van der Waals surface area contributed by atoms with Gasteiger partial charge >= 0.3 is 5.97 Å². The lowest BCUT2D eigenvalue weighted by atomic mass is 9.96. The fourth-order valence-electron chi connectivity index (χ4n) is 10.8. The number of hydrogen-bond donors (Lipinski definition) is 19. The molecule has 2 aromatic rings. The Morgan fingerprint density at radius 1 is 0.556 bits per heavy atom. The predicted octanol–water partition coefficient (Wildman–Crippen LogP) is -4.09. The number of nitrogens with two attached hydrogens (primary N) is 8. The van der Waals surface area contributed by atoms with Crippen LogP contribution in [0.5, 0.6) is 5.75 Å². The molecule has 0 aromatic heterocycles. The molecule has 34 heteroatoms. The molecule has 0 radical (unpaired) electrons. The molecule has 1 fully saturated rings. The topological polar surface area (TPSA) is 590 Å². The maximum atomic E-state index is 14.7. The number of rotatable bonds is 46. The van der Waals surface area contributed by atoms with Gasteiger partial charge in [0, 0.05) is 26.1 Å². The Bertz CT molecular complexity index is 3040. The average molecular weight is 1390 g/mol. The highest BCUT2D eigenvalue weighted by Gasteiger charge is 2.41. The summed E-state index contributed by atoms with van der Waals surface area (Å²) < 4.78 is 0. The van der Waals surface area contributed by atoms with Crippen molar-refractivity contribution in [3.05, 3.63) is 65.7 Å². The molecule has 11 atom stereocenters. The van der Waals surface area contributed by atoms with Gasteiger partial charge in [-0.3, -0.25) is 67.5 Å². The van der Waals surface area contributed by atoms with Crippen LogP contribution in [0, 0.1) is 11.8 Å². The molecule has 0 unspecified atom stereocenters. The average Bonchev–Trinajstić information content (AvgIpc) is 1.77. The molecule has 3 rings (SSSR count). The molecule has 1 aliphatic rings. The fourth-order valence-corrected chi connectivity index (χ4v) is 10.8. The van der Waals surface area contributed by atoms with Gasteiger partial charge < -0.3 is 109 Å². The van der Waals surface area contributed by atoms with E-state index < -0.39 is 150 Å². The number of aromatic hydroxyl groups is 1. The zero-order valence-corrected chi connectivity index (χ0v) is 57.1. The lowest BCUT2D eigenvalue weighted by Gasteiger charge is -2.32. The highest BCUT2D eigenvalue weighted by molar-refractivity contribution is 5.99. The summed E-state index contributed by atoms with van der Waals surface area (Å²) in [5, 5.41) is 42.9. The Balaban J connectivity index is 1.92. The Morgan fingerprint density at radius 2 is 1.06 bits per heavy atom. The highest BCUT2D eigenvalue weighted by Crippen LogP contribution is 2.22. The molecule has 1 heterocycles. The van der Waals surface area contributed by atoms with Crippen molar-refractivity contribution in [1.82, 2.24) is 52.8 Å². The summed E-state index contributed by atoms with van der Waals surface area (Å²) in [6.07, 6.45) is 2.12. The first kappa shape index (κ1) is 83.5. The van der Waals surface area contributed by atoms with Crippen molar-refractivity contribution in [2.24, 2.45) is 67.7 Å². The van der Waals surface area contributed by atoms with Crippen molar-refractivity contribution in [3.63, 3.8) is 0 Å². The smallest absolute Gasteiger partial charge is 0.305 e. The van der Waals surface area contributed by atoms with Crippen LogP contribution in [0.2, 0.25) is 0 Å². The Kier molecular flexibility index (Phi) is 37.3. The third kappa shape index (κ3) is 31.1. The Labute approximate surface area is 577 Å². The van der Waals surface area contributed by atoms with Crippen molar-refractivity contribution in [3.8, 4) is 5.75 Å². The molecule has 11 amide bonds. The first-order valence-corrected chi connectivity index (χ1v) is 33.6. The molecule has 1 saturated heterocycles. The molecule has 2 aromatic carbocycles. The lowest BCUT2D eigenvalue weighted by molar-refractivity contribution is -0.142. The van der Waals surface area contributed by atoms with Crippen molar-refractivity contribution in [2.45, 2.75) is 197 Å². The fraction of sp³-hybridized carbons (Fsp3) is 0.600. The second kappa shape index (κ2) is 44.3. The van der Waals surface area contributed by atoms with E-state index in [1.807, 2.05) is 0 Å². The number of likely N-dealkylation sites (tertiary alicyclic amines) is 1. The molecule has 99 heavy (non-hydrogen) atoms. The van der Waals surface area contributed by atoms with E-state index in [2.05, 4.69) is 57.8 Å². The van der Waals surface area contributed by atoms with E-state index in [0.717, 1.165) is 0 Å². The van der Waals surface area contributed by atoms with E-state index >= 15 is 0 Å². The molecular formula is C65H106N20O14. The molecule has 1 aliphatic heterocycles. The quantitative estimate of drug-likeness (QED) is 0.0170. The normalized spacial score (nSPS) is 15.6. The first-order chi connectivity index (χ1) is 47.0. The van der Waals surface area contributed by atoms with Crippen LogP contribution in [0.3, 0.4) is 0 Å². The van der Waals surface area contributed by atoms with Gasteiger partial charge in [0.1, 0.15) is 60.1 Å². The van der Waals surface area contributed by atoms with Gasteiger partial charge in [0.25, 0.3) is 0 Å². The number of guanidine groups is 2. The van der Waals surface area contributed by atoms with Gasteiger partial charge in [-0.1, -0.05) is 76.6 Å². The number of carbonyl (C=O) groups excluding carboxylic acids is 11. The van der Waals surface area contributed by atoms with Crippen molar-refractivity contribution in [2.75, 3.05) is 39.3 Å². The zero-order chi connectivity index (χ0) is 73.7. The van der Waals surface area contributed by atoms with Gasteiger partial charge in [-0.05, 0) is 138 Å². The molecular weight excluding hydrogens is 1280 g/mol. The minimum atomic E-state index is -1.68. The van der Waals surface area contributed by atoms with Crippen molar-refractivity contribution >= 4 is 82.9 Å². The number of aliphatic imine (C=N–C) groups is 2. The number of phenols is 1. The minimum absolute atomic E-state index is 0.00492. The summed E-state index contributed by atoms with van der Waals surface area (Å²) in [7, 11) is 0. The van der Waals surface area contributed by atoms with Gasteiger partial charge in [0.05, 0.1) is 19.0 Å². The number of benzene rings is 2. The third-order valence-corrected chi connectivity index (χ3v) is 16.4. The van der Waals surface area contributed by atoms with Gasteiger partial charge in [-0.2, -0.15) is 0 Å². The number of carboxylic acids is 1. The summed E-state index contributed by atoms with van der Waals surface area (Å²) >= 11 is 0. The van der Waals surface area contributed by atoms with E-state index in [-0.39, 0.29) is 114 Å². The number of hydrogen-bond acceptors (Lipinski definition) is 18. The maximum Gasteiger partial charge on any atom is 0.305 e. The van der Waals surface area contributed by atoms with Gasteiger partial charge in [-0.15, -0.1) is 0 Å². The summed E-state index contributed by atoms with van der Waals surface area (Å²) in [5.74, 6) is -11.8. The van der Waals surface area contributed by atoms with E-state index in [1.54, 1.807) is 58.0 Å². The summed E-state index contributed by atoms with van der Waals surface area (Å²) in [6, 6.07) is 1.18. The number of phenolic OH excluding ortho intramolecular Hbond substituents is 1. The second-order valence-electron chi connectivity index (χ2n) is 25.0. The number of unbranched alkanes of at least 4 members (excludes halogenated alkanes) is 2. The zero-order valence-electron chi connectivity index (χ0n) is 57.1. The summed E-state index contributed by atoms with van der Waals surface area (Å²) in [5.41, 5.74) is 46.7. The monoisotopic (exact) mass is 1390 g/mol. The molecule has 0 bridgehead atoms. The van der Waals surface area contributed by atoms with Crippen LogP contribution in [0.1, 0.15) is 135 Å². The number of nitrogens with one attached hydrogen (secondary N) is 9. The van der Waals surface area contributed by atoms with Crippen LogP contribution in [-0.4, -0.2) is 198 Å². The molecule has 0 aliphatic carbocycles. The summed E-state index contributed by atoms with van der Waals surface area (Å²) in [6.45, 7) is 7.00. The number of carbonyl (C=O) groups is 12. The van der Waals surface area contributed by atoms with Crippen molar-refractivity contribution < 1.29 is 67.7 Å². The van der Waals surface area contributed by atoms with Crippen LogP contribution in [0.4, 0.5) is 0 Å². The predicted molar refractivity (Wildman–Crippen MR) is 369 cm³/mol. The number of nitrogens with zero attached hydrogens (tertiary/aromatic N) is 3. The summed E-state index contributed by atoms with van der Waals surface area (Å²) in [4.78, 5) is 175. The lowest BCUT2D eigenvalue weighted by Crippen LogP contribution is -2.61. The Morgan fingerprint density at radius 3 is 1.61 bits per heavy atom. The van der Waals surface area contributed by atoms with Crippen LogP contribution in [0.15, 0.2) is 64.6 Å². The van der Waals surface area contributed by atoms with Gasteiger partial charge in [0.2, 0.25) is 65.0 Å². The first-order valence-electron chi connectivity index (χ1n) is 33.6. The van der Waals surface area contributed by atoms with E-state index in [9.17, 15) is 67.7 Å². The third-order valence-electron chi connectivity index (χ3n) is 16.4. The molecule has 27 N–H and O–H groups in total. The van der Waals surface area contributed by atoms with E-state index in [1.165, 1.54) is 29.2 Å². The van der Waals surface area contributed by atoms with E-state index in [0.29, 0.717) is 56.2 Å². The largest absolute Gasteiger partial charge is 0.508 e. The van der Waals surface area contributed by atoms with Gasteiger partial charge in [-0.25, -0.2) is 0 Å². The van der Waals surface area contributed by atoms with Gasteiger partial charge in [0.15, 0.2) is 11.9 Å². The molecule has 0 spiro atoms. The highest BCUT2D eigenvalue weighted by atomic mass is 16.4. The van der Waals surface area contributed by atoms with Crippen LogP contribution < -0.4 is 93.7 Å². The minimum Gasteiger partial charge on any atom is -0.508 e. The molecule has 0 saturated carbocycles. The molecule has 550 valence electrons. The number of amides is 11. The standard InChI is InChI=1S/C65H106N20O14/c1-5-38(4)53(62(98)81-46(21-14-30-75-65(72)73)63(99)85-31-15-22-50(85)61(97)78-43(54(69)90)18-9-11-27-66)84-58(94)45(20-13-29-74-64(70)71)79-57(93)44(19-10-12-28-67)80-59(95)47(32-37(2)3)83-60(96)48(34-39-16-7-6-8-17-39)77-51(87)36-76-56(92)49(35-52(88)89)82-55(91)42(68)33-40-23-25-41(86)26-24-40/h6-8,16-17,23-26,37-38,42-50,53,86H,5,9-15,18-22,27-36,66-68H2,1-4H3,(H2,69,90)(H,76,92)(H,77,87)(H,78,97)(H,79,93)(H,80,95)(H,81,98)(H,82,91)(H,83,96)(H,84,94)(H,88,89)(H4,70,71,74)(H4,72,73,75)/t38-,42-,43-,44-,45-,46-,47-,48-,49+,50-,53-/m0/s1. The van der Waals surface area contributed by atoms with Crippen LogP contribution >= 0.6 is 0 Å². The molecule has 34 nitrogen and oxygen atoms in total.